The van der Waals surface area contributed by atoms with Crippen molar-refractivity contribution in [3.05, 3.63) is 65.2 Å². The molecule has 3 rings (SSSR count). The van der Waals surface area contributed by atoms with Crippen LogP contribution in [-0.2, 0) is 11.2 Å². The summed E-state index contributed by atoms with van der Waals surface area (Å²) >= 11 is 1.56. The largest absolute Gasteiger partial charge is 0.481 e. The standard InChI is InChI=1S/C16H13NO2S/c18-16(19)12(11-6-2-1-3-7-11)10-15-17-13-8-4-5-9-14(13)20-15/h1-9,12H,10H2,(H,18,19). The molecule has 4 heteroatoms. The molecule has 1 heterocycles. The van der Waals surface area contributed by atoms with E-state index >= 15 is 0 Å². The van der Waals surface area contributed by atoms with Crippen LogP contribution in [0.2, 0.25) is 0 Å². The fourth-order valence-electron chi connectivity index (χ4n) is 2.21. The average Bonchev–Trinajstić information content (AvgIpc) is 2.88. The number of rotatable bonds is 4. The highest BCUT2D eigenvalue weighted by molar-refractivity contribution is 7.18. The molecule has 0 fully saturated rings. The van der Waals surface area contributed by atoms with Gasteiger partial charge in [0.1, 0.15) is 0 Å². The number of para-hydroxylation sites is 1. The molecule has 2 aromatic carbocycles. The monoisotopic (exact) mass is 283 g/mol. The number of fused-ring (bicyclic) bond motifs is 1. The molecule has 0 bridgehead atoms. The Hall–Kier alpha value is -2.20. The third-order valence-electron chi connectivity index (χ3n) is 3.22. The van der Waals surface area contributed by atoms with E-state index in [0.29, 0.717) is 6.42 Å². The summed E-state index contributed by atoms with van der Waals surface area (Å²) < 4.78 is 1.10. The number of aliphatic carboxylic acids is 1. The van der Waals surface area contributed by atoms with Gasteiger partial charge in [-0.05, 0) is 17.7 Å². The molecule has 0 amide bonds. The van der Waals surface area contributed by atoms with Gasteiger partial charge in [-0.2, -0.15) is 0 Å². The number of carboxylic acids is 1. The third-order valence-corrected chi connectivity index (χ3v) is 4.28. The van der Waals surface area contributed by atoms with E-state index in [1.54, 1.807) is 11.3 Å². The van der Waals surface area contributed by atoms with Gasteiger partial charge in [0.15, 0.2) is 0 Å². The second-order valence-corrected chi connectivity index (χ2v) is 5.70. The molecule has 1 N–H and O–H groups in total. The molecule has 0 saturated heterocycles. The molecule has 0 spiro atoms. The zero-order valence-electron chi connectivity index (χ0n) is 10.7. The first kappa shape index (κ1) is 12.8. The maximum atomic E-state index is 11.5. The van der Waals surface area contributed by atoms with Crippen LogP contribution in [0.25, 0.3) is 10.2 Å². The van der Waals surface area contributed by atoms with E-state index in [4.69, 9.17) is 0 Å². The zero-order chi connectivity index (χ0) is 13.9. The Balaban J connectivity index is 1.92. The number of carboxylic acid groups (broad SMARTS) is 1. The Morgan fingerprint density at radius 1 is 1.10 bits per heavy atom. The van der Waals surface area contributed by atoms with Crippen molar-refractivity contribution in [2.75, 3.05) is 0 Å². The van der Waals surface area contributed by atoms with Crippen molar-refractivity contribution in [3.8, 4) is 0 Å². The van der Waals surface area contributed by atoms with E-state index in [9.17, 15) is 9.90 Å². The van der Waals surface area contributed by atoms with Crippen LogP contribution in [0.1, 0.15) is 16.5 Å². The van der Waals surface area contributed by atoms with E-state index in [2.05, 4.69) is 4.98 Å². The summed E-state index contributed by atoms with van der Waals surface area (Å²) in [5, 5.41) is 10.3. The minimum absolute atomic E-state index is 0.429. The van der Waals surface area contributed by atoms with Crippen molar-refractivity contribution >= 4 is 27.5 Å². The number of carbonyl (C=O) groups is 1. The van der Waals surface area contributed by atoms with Gasteiger partial charge in [-0.1, -0.05) is 42.5 Å². The molecule has 0 saturated carbocycles. The Labute approximate surface area is 120 Å². The van der Waals surface area contributed by atoms with Crippen LogP contribution in [0, 0.1) is 0 Å². The fraction of sp³-hybridized carbons (Fsp3) is 0.125. The summed E-state index contributed by atoms with van der Waals surface area (Å²) in [6.07, 6.45) is 0.429. The highest BCUT2D eigenvalue weighted by atomic mass is 32.1. The van der Waals surface area contributed by atoms with Crippen molar-refractivity contribution in [2.45, 2.75) is 12.3 Å². The smallest absolute Gasteiger partial charge is 0.311 e. The molecule has 100 valence electrons. The summed E-state index contributed by atoms with van der Waals surface area (Å²) in [5.74, 6) is -1.35. The molecule has 1 atom stereocenters. The van der Waals surface area contributed by atoms with Crippen LogP contribution in [0.3, 0.4) is 0 Å². The summed E-state index contributed by atoms with van der Waals surface area (Å²) in [6, 6.07) is 17.2. The Bertz CT molecular complexity index is 703. The molecule has 1 aromatic heterocycles. The van der Waals surface area contributed by atoms with Crippen molar-refractivity contribution < 1.29 is 9.90 Å². The van der Waals surface area contributed by atoms with Gasteiger partial charge in [-0.15, -0.1) is 11.3 Å². The highest BCUT2D eigenvalue weighted by Crippen LogP contribution is 2.27. The number of aromatic nitrogens is 1. The van der Waals surface area contributed by atoms with E-state index in [0.717, 1.165) is 20.8 Å². The minimum Gasteiger partial charge on any atom is -0.481 e. The molecule has 3 aromatic rings. The maximum Gasteiger partial charge on any atom is 0.311 e. The van der Waals surface area contributed by atoms with Crippen molar-refractivity contribution in [3.63, 3.8) is 0 Å². The number of nitrogens with zero attached hydrogens (tertiary/aromatic N) is 1. The van der Waals surface area contributed by atoms with E-state index < -0.39 is 11.9 Å². The minimum atomic E-state index is -0.810. The lowest BCUT2D eigenvalue weighted by molar-refractivity contribution is -0.138. The molecular weight excluding hydrogens is 270 g/mol. The van der Waals surface area contributed by atoms with Gasteiger partial charge in [0, 0.05) is 6.42 Å². The topological polar surface area (TPSA) is 50.2 Å². The Morgan fingerprint density at radius 2 is 1.80 bits per heavy atom. The number of thiazole rings is 1. The lowest BCUT2D eigenvalue weighted by Crippen LogP contribution is -2.14. The van der Waals surface area contributed by atoms with Crippen molar-refractivity contribution in [1.82, 2.24) is 4.98 Å². The van der Waals surface area contributed by atoms with E-state index in [1.807, 2.05) is 54.6 Å². The highest BCUT2D eigenvalue weighted by Gasteiger charge is 2.21. The quantitative estimate of drug-likeness (QED) is 0.794. The summed E-state index contributed by atoms with van der Waals surface area (Å²) in [5.41, 5.74) is 1.75. The van der Waals surface area contributed by atoms with Gasteiger partial charge in [0.05, 0.1) is 21.1 Å². The molecule has 0 radical (unpaired) electrons. The lowest BCUT2D eigenvalue weighted by Gasteiger charge is -2.10. The van der Waals surface area contributed by atoms with Crippen LogP contribution in [0.4, 0.5) is 0 Å². The molecule has 20 heavy (non-hydrogen) atoms. The second-order valence-electron chi connectivity index (χ2n) is 4.58. The number of hydrogen-bond donors (Lipinski definition) is 1. The Kier molecular flexibility index (Phi) is 3.48. The predicted octanol–water partition coefficient (Wildman–Crippen LogP) is 3.71. The first-order valence-electron chi connectivity index (χ1n) is 6.36. The first-order valence-corrected chi connectivity index (χ1v) is 7.18. The van der Waals surface area contributed by atoms with E-state index in [-0.39, 0.29) is 0 Å². The van der Waals surface area contributed by atoms with Gasteiger partial charge >= 0.3 is 5.97 Å². The molecular formula is C16H13NO2S. The van der Waals surface area contributed by atoms with Crippen molar-refractivity contribution in [1.29, 1.82) is 0 Å². The molecule has 1 unspecified atom stereocenters. The van der Waals surface area contributed by atoms with Gasteiger partial charge in [-0.25, -0.2) is 4.98 Å². The van der Waals surface area contributed by atoms with Gasteiger partial charge < -0.3 is 5.11 Å². The van der Waals surface area contributed by atoms with Gasteiger partial charge in [0.2, 0.25) is 0 Å². The molecule has 0 aliphatic heterocycles. The SMILES string of the molecule is O=C(O)C(Cc1nc2ccccc2s1)c1ccccc1. The van der Waals surface area contributed by atoms with Crippen LogP contribution >= 0.6 is 11.3 Å². The Morgan fingerprint density at radius 3 is 2.50 bits per heavy atom. The zero-order valence-corrected chi connectivity index (χ0v) is 11.5. The van der Waals surface area contributed by atoms with Gasteiger partial charge in [-0.3, -0.25) is 4.79 Å². The van der Waals surface area contributed by atoms with Crippen LogP contribution in [-0.4, -0.2) is 16.1 Å². The lowest BCUT2D eigenvalue weighted by atomic mass is 9.96. The summed E-state index contributed by atoms with van der Waals surface area (Å²) in [4.78, 5) is 16.0. The maximum absolute atomic E-state index is 11.5. The number of benzene rings is 2. The van der Waals surface area contributed by atoms with Crippen LogP contribution in [0.5, 0.6) is 0 Å². The van der Waals surface area contributed by atoms with Gasteiger partial charge in [0.25, 0.3) is 0 Å². The van der Waals surface area contributed by atoms with Crippen LogP contribution < -0.4 is 0 Å². The van der Waals surface area contributed by atoms with E-state index in [1.165, 1.54) is 0 Å². The first-order chi connectivity index (χ1) is 9.74. The molecule has 3 nitrogen and oxygen atoms in total. The second kappa shape index (κ2) is 5.43. The summed E-state index contributed by atoms with van der Waals surface area (Å²) in [6.45, 7) is 0. The molecule has 0 aliphatic rings. The van der Waals surface area contributed by atoms with Crippen molar-refractivity contribution in [2.24, 2.45) is 0 Å². The summed E-state index contributed by atoms with van der Waals surface area (Å²) in [7, 11) is 0. The fourth-order valence-corrected chi connectivity index (χ4v) is 3.23. The van der Waals surface area contributed by atoms with Crippen LogP contribution in [0.15, 0.2) is 54.6 Å². The number of hydrogen-bond acceptors (Lipinski definition) is 3. The third kappa shape index (κ3) is 2.56. The predicted molar refractivity (Wildman–Crippen MR) is 80.1 cm³/mol. The molecule has 0 aliphatic carbocycles. The normalized spacial score (nSPS) is 12.4. The average molecular weight is 283 g/mol.